The number of hydrogen-bond acceptors (Lipinski definition) is 1. The number of aromatic nitrogens is 1. The van der Waals surface area contributed by atoms with Crippen molar-refractivity contribution < 1.29 is 0 Å². The van der Waals surface area contributed by atoms with Crippen LogP contribution in [0.25, 0.3) is 5.57 Å². The molecule has 3 heteroatoms. The van der Waals surface area contributed by atoms with Crippen molar-refractivity contribution in [1.82, 2.24) is 4.98 Å². The van der Waals surface area contributed by atoms with E-state index in [1.165, 1.54) is 0 Å². The van der Waals surface area contributed by atoms with E-state index in [9.17, 15) is 0 Å². The summed E-state index contributed by atoms with van der Waals surface area (Å²) in [7, 11) is 0. The Morgan fingerprint density at radius 2 is 1.88 bits per heavy atom. The molecule has 2 aromatic rings. The van der Waals surface area contributed by atoms with Crippen LogP contribution in [0.1, 0.15) is 11.1 Å². The first-order valence-corrected chi connectivity index (χ1v) is 6.15. The first-order valence-electron chi connectivity index (χ1n) is 5.23. The van der Waals surface area contributed by atoms with Crippen LogP contribution in [0.4, 0.5) is 0 Å². The summed E-state index contributed by atoms with van der Waals surface area (Å²) in [5.74, 6) is 0.465. The molecule has 0 fully saturated rings. The van der Waals surface area contributed by atoms with Gasteiger partial charge in [-0.1, -0.05) is 35.9 Å². The molecular formula is C14H11Cl2N. The van der Waals surface area contributed by atoms with Crippen molar-refractivity contribution in [3.8, 4) is 0 Å². The minimum atomic E-state index is 0.465. The maximum absolute atomic E-state index is 5.88. The lowest BCUT2D eigenvalue weighted by Crippen LogP contribution is -1.89. The summed E-state index contributed by atoms with van der Waals surface area (Å²) in [6.45, 7) is 0. The second kappa shape index (κ2) is 5.85. The van der Waals surface area contributed by atoms with Gasteiger partial charge in [-0.15, -0.1) is 11.6 Å². The molecule has 0 saturated heterocycles. The van der Waals surface area contributed by atoms with E-state index in [1.54, 1.807) is 6.20 Å². The third-order valence-corrected chi connectivity index (χ3v) is 2.82. The Kier molecular flexibility index (Phi) is 4.18. The summed E-state index contributed by atoms with van der Waals surface area (Å²) in [5, 5.41) is 0.727. The first kappa shape index (κ1) is 12.2. The van der Waals surface area contributed by atoms with Crippen LogP contribution >= 0.6 is 23.2 Å². The fourth-order valence-corrected chi connectivity index (χ4v) is 1.91. The average molecular weight is 264 g/mol. The van der Waals surface area contributed by atoms with Gasteiger partial charge in [0.2, 0.25) is 0 Å². The number of nitrogens with zero attached hydrogens (tertiary/aromatic N) is 1. The molecule has 0 atom stereocenters. The van der Waals surface area contributed by atoms with Gasteiger partial charge in [0, 0.05) is 28.9 Å². The van der Waals surface area contributed by atoms with Gasteiger partial charge < -0.3 is 0 Å². The van der Waals surface area contributed by atoms with Crippen LogP contribution in [0.3, 0.4) is 0 Å². The van der Waals surface area contributed by atoms with Crippen molar-refractivity contribution in [3.05, 3.63) is 71.0 Å². The van der Waals surface area contributed by atoms with Crippen LogP contribution < -0.4 is 0 Å². The molecule has 0 saturated carbocycles. The molecule has 1 nitrogen and oxygen atoms in total. The molecular weight excluding hydrogens is 253 g/mol. The van der Waals surface area contributed by atoms with E-state index in [1.807, 2.05) is 48.7 Å². The lowest BCUT2D eigenvalue weighted by Gasteiger charge is -2.07. The van der Waals surface area contributed by atoms with Crippen LogP contribution in [0.15, 0.2) is 54.9 Å². The largest absolute Gasteiger partial charge is 0.264 e. The van der Waals surface area contributed by atoms with Gasteiger partial charge in [0.15, 0.2) is 0 Å². The number of halogens is 2. The van der Waals surface area contributed by atoms with Crippen LogP contribution in [0, 0.1) is 0 Å². The maximum Gasteiger partial charge on any atom is 0.0413 e. The molecule has 0 bridgehead atoms. The quantitative estimate of drug-likeness (QED) is 0.748. The maximum atomic E-state index is 5.88. The fourth-order valence-electron chi connectivity index (χ4n) is 1.63. The van der Waals surface area contributed by atoms with E-state index in [4.69, 9.17) is 23.2 Å². The highest BCUT2D eigenvalue weighted by atomic mass is 35.5. The Hall–Kier alpha value is -1.31. The Bertz CT molecular complexity index is 504. The van der Waals surface area contributed by atoms with Crippen LogP contribution in [-0.2, 0) is 0 Å². The molecule has 0 spiro atoms. The van der Waals surface area contributed by atoms with Crippen molar-refractivity contribution in [2.45, 2.75) is 0 Å². The SMILES string of the molecule is ClCC=C(c1ccc(Cl)cc1)c1cccnc1. The molecule has 0 aliphatic rings. The van der Waals surface area contributed by atoms with Gasteiger partial charge in [-0.25, -0.2) is 0 Å². The highest BCUT2D eigenvalue weighted by Gasteiger charge is 2.04. The number of rotatable bonds is 3. The first-order chi connectivity index (χ1) is 8.31. The third kappa shape index (κ3) is 3.09. The molecule has 0 N–H and O–H groups in total. The predicted octanol–water partition coefficient (Wildman–Crippen LogP) is 4.41. The van der Waals surface area contributed by atoms with Crippen molar-refractivity contribution in [2.75, 3.05) is 5.88 Å². The van der Waals surface area contributed by atoms with Crippen LogP contribution in [0.2, 0.25) is 5.02 Å². The minimum absolute atomic E-state index is 0.465. The van der Waals surface area contributed by atoms with Crippen molar-refractivity contribution >= 4 is 28.8 Å². The topological polar surface area (TPSA) is 12.9 Å². The Morgan fingerprint density at radius 1 is 1.12 bits per heavy atom. The van der Waals surface area contributed by atoms with E-state index >= 15 is 0 Å². The molecule has 2 rings (SSSR count). The molecule has 0 aliphatic carbocycles. The van der Waals surface area contributed by atoms with Gasteiger partial charge in [-0.2, -0.15) is 0 Å². The molecule has 1 aromatic carbocycles. The van der Waals surface area contributed by atoms with E-state index in [-0.39, 0.29) is 0 Å². The van der Waals surface area contributed by atoms with Crippen LogP contribution in [-0.4, -0.2) is 10.9 Å². The van der Waals surface area contributed by atoms with Gasteiger partial charge in [0.05, 0.1) is 0 Å². The molecule has 0 unspecified atom stereocenters. The summed E-state index contributed by atoms with van der Waals surface area (Å²) in [6, 6.07) is 11.6. The van der Waals surface area contributed by atoms with Gasteiger partial charge in [-0.05, 0) is 29.3 Å². The molecule has 1 aromatic heterocycles. The Labute approximate surface area is 111 Å². The van der Waals surface area contributed by atoms with Crippen molar-refractivity contribution in [1.29, 1.82) is 0 Å². The van der Waals surface area contributed by atoms with Gasteiger partial charge >= 0.3 is 0 Å². The zero-order valence-corrected chi connectivity index (χ0v) is 10.6. The highest BCUT2D eigenvalue weighted by molar-refractivity contribution is 6.30. The van der Waals surface area contributed by atoms with E-state index in [0.717, 1.165) is 21.7 Å². The summed E-state index contributed by atoms with van der Waals surface area (Å²) < 4.78 is 0. The fraction of sp³-hybridized carbons (Fsp3) is 0.0714. The normalized spacial score (nSPS) is 11.5. The van der Waals surface area contributed by atoms with E-state index < -0.39 is 0 Å². The smallest absolute Gasteiger partial charge is 0.0413 e. The highest BCUT2D eigenvalue weighted by Crippen LogP contribution is 2.24. The lowest BCUT2D eigenvalue weighted by atomic mass is 9.99. The standard InChI is InChI=1S/C14H11Cl2N/c15-8-7-14(12-2-1-9-17-10-12)11-3-5-13(16)6-4-11/h1-7,9-10H,8H2. The summed E-state index contributed by atoms with van der Waals surface area (Å²) in [5.41, 5.74) is 3.21. The monoisotopic (exact) mass is 263 g/mol. The van der Waals surface area contributed by atoms with Gasteiger partial charge in [-0.3, -0.25) is 4.98 Å². The number of alkyl halides is 1. The molecule has 17 heavy (non-hydrogen) atoms. The van der Waals surface area contributed by atoms with Crippen LogP contribution in [0.5, 0.6) is 0 Å². The third-order valence-electron chi connectivity index (χ3n) is 2.41. The molecule has 86 valence electrons. The van der Waals surface area contributed by atoms with E-state index in [0.29, 0.717) is 5.88 Å². The number of hydrogen-bond donors (Lipinski definition) is 0. The van der Waals surface area contributed by atoms with E-state index in [2.05, 4.69) is 4.98 Å². The average Bonchev–Trinajstić information content (AvgIpc) is 2.38. The molecule has 0 aliphatic heterocycles. The summed E-state index contributed by atoms with van der Waals surface area (Å²) in [6.07, 6.45) is 5.55. The zero-order chi connectivity index (χ0) is 12.1. The number of allylic oxidation sites excluding steroid dienone is 1. The Balaban J connectivity index is 2.44. The zero-order valence-electron chi connectivity index (χ0n) is 9.11. The lowest BCUT2D eigenvalue weighted by molar-refractivity contribution is 1.31. The Morgan fingerprint density at radius 3 is 2.47 bits per heavy atom. The minimum Gasteiger partial charge on any atom is -0.264 e. The number of pyridine rings is 1. The van der Waals surface area contributed by atoms with Gasteiger partial charge in [0.25, 0.3) is 0 Å². The van der Waals surface area contributed by atoms with Crippen molar-refractivity contribution in [3.63, 3.8) is 0 Å². The number of benzene rings is 1. The molecule has 0 amide bonds. The second-order valence-electron chi connectivity index (χ2n) is 3.52. The molecule has 0 radical (unpaired) electrons. The molecule has 1 heterocycles. The summed E-state index contributed by atoms with van der Waals surface area (Å²) in [4.78, 5) is 4.12. The van der Waals surface area contributed by atoms with Gasteiger partial charge in [0.1, 0.15) is 0 Å². The second-order valence-corrected chi connectivity index (χ2v) is 4.27. The summed E-state index contributed by atoms with van der Waals surface area (Å²) >= 11 is 11.7. The predicted molar refractivity (Wildman–Crippen MR) is 73.5 cm³/mol. The van der Waals surface area contributed by atoms with Crippen molar-refractivity contribution in [2.24, 2.45) is 0 Å².